The van der Waals surface area contributed by atoms with E-state index in [1.54, 1.807) is 0 Å². The minimum absolute atomic E-state index is 0.00754. The molecule has 4 rings (SSSR count). The third kappa shape index (κ3) is 7.65. The number of ether oxygens (including phenoxy) is 2. The maximum atomic E-state index is 11.1. The van der Waals surface area contributed by atoms with Crippen molar-refractivity contribution < 1.29 is 37.1 Å². The van der Waals surface area contributed by atoms with Gasteiger partial charge in [-0.25, -0.2) is 0 Å². The van der Waals surface area contributed by atoms with Gasteiger partial charge in [0.25, 0.3) is 0 Å². The number of carbonyl (C=O) groups is 1. The molecule has 4 heterocycles. The van der Waals surface area contributed by atoms with E-state index >= 15 is 0 Å². The third-order valence-electron chi connectivity index (χ3n) is 10.6. The summed E-state index contributed by atoms with van der Waals surface area (Å²) in [5, 5.41) is 10.4. The van der Waals surface area contributed by atoms with Crippen LogP contribution in [0.25, 0.3) is 0 Å². The summed E-state index contributed by atoms with van der Waals surface area (Å²) < 4.78 is 38.6. The normalized spacial score (nSPS) is 36.2. The molecular formula is C36H68O8Si2. The lowest BCUT2D eigenvalue weighted by molar-refractivity contribution is -0.206. The van der Waals surface area contributed by atoms with Crippen molar-refractivity contribution in [3.8, 4) is 0 Å². The number of fused-ring (bicyclic) bond motifs is 2. The molecular weight excluding hydrogens is 617 g/mol. The van der Waals surface area contributed by atoms with Crippen molar-refractivity contribution in [2.75, 3.05) is 13.2 Å². The highest BCUT2D eigenvalue weighted by molar-refractivity contribution is 6.74. The summed E-state index contributed by atoms with van der Waals surface area (Å²) >= 11 is 0. The Morgan fingerprint density at radius 3 is 1.43 bits per heavy atom. The Morgan fingerprint density at radius 2 is 1.07 bits per heavy atom. The molecule has 0 aromatic heterocycles. The first-order valence-electron chi connectivity index (χ1n) is 17.6. The first kappa shape index (κ1) is 40.0. The lowest BCUT2D eigenvalue weighted by atomic mass is 9.85. The van der Waals surface area contributed by atoms with E-state index in [0.29, 0.717) is 25.6 Å². The number of aldehydes is 1. The Labute approximate surface area is 283 Å². The van der Waals surface area contributed by atoms with Crippen LogP contribution in [0.3, 0.4) is 0 Å². The largest absolute Gasteiger partial charge is 0.391 e. The maximum Gasteiger partial charge on any atom is 0.349 e. The molecule has 8 nitrogen and oxygen atoms in total. The zero-order valence-corrected chi connectivity index (χ0v) is 33.8. The Bertz CT molecular complexity index is 929. The van der Waals surface area contributed by atoms with Crippen LogP contribution in [0.1, 0.15) is 117 Å². The minimum atomic E-state index is -2.49. The van der Waals surface area contributed by atoms with Crippen LogP contribution in [-0.4, -0.2) is 84.5 Å². The molecule has 46 heavy (non-hydrogen) atoms. The van der Waals surface area contributed by atoms with Crippen molar-refractivity contribution in [2.45, 2.75) is 180 Å². The number of aliphatic hydroxyl groups excluding tert-OH is 1. The maximum absolute atomic E-state index is 11.1. The van der Waals surface area contributed by atoms with E-state index in [9.17, 15) is 9.90 Å². The predicted molar refractivity (Wildman–Crippen MR) is 188 cm³/mol. The summed E-state index contributed by atoms with van der Waals surface area (Å²) in [7, 11) is -4.92. The highest BCUT2D eigenvalue weighted by Crippen LogP contribution is 2.56. The van der Waals surface area contributed by atoms with Crippen LogP contribution in [0.4, 0.5) is 0 Å². The topological polar surface area (TPSA) is 92.7 Å². The van der Waals surface area contributed by atoms with Crippen LogP contribution in [0.2, 0.25) is 20.2 Å². The van der Waals surface area contributed by atoms with Gasteiger partial charge < -0.3 is 37.1 Å². The van der Waals surface area contributed by atoms with Gasteiger partial charge in [0.2, 0.25) is 0 Å². The summed E-state index contributed by atoms with van der Waals surface area (Å²) in [5.41, 5.74) is 0. The van der Waals surface area contributed by atoms with Gasteiger partial charge in [0.15, 0.2) is 0 Å². The van der Waals surface area contributed by atoms with Gasteiger partial charge in [0, 0.05) is 38.4 Å². The summed E-state index contributed by atoms with van der Waals surface area (Å²) in [4.78, 5) is 11.1. The van der Waals surface area contributed by atoms with Crippen LogP contribution in [0.15, 0.2) is 12.7 Å². The van der Waals surface area contributed by atoms with Crippen LogP contribution < -0.4 is 0 Å². The summed E-state index contributed by atoms with van der Waals surface area (Å²) in [6.45, 7) is 37.7. The second-order valence-electron chi connectivity index (χ2n) is 18.6. The van der Waals surface area contributed by atoms with Gasteiger partial charge in [0.05, 0.1) is 43.7 Å². The van der Waals surface area contributed by atoms with Crippen molar-refractivity contribution in [3.05, 3.63) is 12.7 Å². The Kier molecular flexibility index (Phi) is 12.2. The van der Waals surface area contributed by atoms with E-state index in [0.717, 1.165) is 12.7 Å². The molecule has 0 aliphatic carbocycles. The van der Waals surface area contributed by atoms with Gasteiger partial charge in [-0.2, -0.15) is 0 Å². The Balaban J connectivity index is 0.000000250. The molecule has 0 radical (unpaired) electrons. The zero-order valence-electron chi connectivity index (χ0n) is 31.8. The molecule has 0 saturated carbocycles. The lowest BCUT2D eigenvalue weighted by Crippen LogP contribution is -2.67. The van der Waals surface area contributed by atoms with Crippen molar-refractivity contribution in [1.29, 1.82) is 0 Å². The average molecular weight is 685 g/mol. The molecule has 4 aliphatic heterocycles. The molecule has 0 spiro atoms. The third-order valence-corrected chi connectivity index (χ3v) is 20.9. The summed E-state index contributed by atoms with van der Waals surface area (Å²) in [6.07, 6.45) is 3.46. The highest BCUT2D eigenvalue weighted by Gasteiger charge is 2.64. The van der Waals surface area contributed by atoms with E-state index < -0.39 is 23.2 Å². The lowest BCUT2D eigenvalue weighted by Gasteiger charge is -2.56. The number of rotatable bonds is 4. The van der Waals surface area contributed by atoms with E-state index in [-0.39, 0.29) is 68.6 Å². The molecule has 10 heteroatoms. The number of aliphatic hydroxyl groups is 1. The fourth-order valence-electron chi connectivity index (χ4n) is 8.57. The summed E-state index contributed by atoms with van der Waals surface area (Å²) in [6, 6.07) is 0. The van der Waals surface area contributed by atoms with Crippen LogP contribution in [0.5, 0.6) is 0 Å². The fraction of sp³-hybridized carbons (Fsp3) is 0.917. The summed E-state index contributed by atoms with van der Waals surface area (Å²) in [5.74, 6) is 0.349. The van der Waals surface area contributed by atoms with Crippen molar-refractivity contribution in [1.82, 2.24) is 0 Å². The van der Waals surface area contributed by atoms with Crippen molar-refractivity contribution >= 4 is 23.4 Å². The molecule has 0 bridgehead atoms. The van der Waals surface area contributed by atoms with Gasteiger partial charge in [-0.15, -0.1) is 6.58 Å². The van der Waals surface area contributed by atoms with Crippen molar-refractivity contribution in [2.24, 2.45) is 17.8 Å². The van der Waals surface area contributed by atoms with Crippen LogP contribution in [0, 0.1) is 17.8 Å². The SMILES string of the molecule is C=C[C@@H](C)[C@@H]1O[C@@H]2CO[Si](C(C)(C)C)(C(C)(C)C)O[C@@H]2C[C@@H]1O.C[C@H](C=O)[C@@H]1O[C@@H]2CO[Si](C(C)(C)C)(C(C)(C)C)O[C@@H]2C[C@@H]1C. The molecule has 10 atom stereocenters. The minimum Gasteiger partial charge on any atom is -0.391 e. The predicted octanol–water partition coefficient (Wildman–Crippen LogP) is 7.86. The van der Waals surface area contributed by atoms with Crippen LogP contribution in [-0.2, 0) is 32.0 Å². The Hall–Kier alpha value is -0.436. The molecule has 0 unspecified atom stereocenters. The van der Waals surface area contributed by atoms with Crippen molar-refractivity contribution in [3.63, 3.8) is 0 Å². The van der Waals surface area contributed by atoms with Gasteiger partial charge in [-0.1, -0.05) is 110 Å². The van der Waals surface area contributed by atoms with E-state index in [1.165, 1.54) is 0 Å². The van der Waals surface area contributed by atoms with Gasteiger partial charge in [-0.3, -0.25) is 0 Å². The quantitative estimate of drug-likeness (QED) is 0.182. The molecule has 268 valence electrons. The fourth-order valence-corrected chi connectivity index (χ4v) is 18.5. The second kappa shape index (κ2) is 14.1. The second-order valence-corrected chi connectivity index (χ2v) is 28.1. The monoisotopic (exact) mass is 684 g/mol. The molecule has 1 N–H and O–H groups in total. The number of hydrogen-bond acceptors (Lipinski definition) is 8. The van der Waals surface area contributed by atoms with Crippen LogP contribution >= 0.6 is 0 Å². The molecule has 0 aromatic rings. The van der Waals surface area contributed by atoms with Gasteiger partial charge >= 0.3 is 17.1 Å². The first-order chi connectivity index (χ1) is 20.9. The molecule has 4 aliphatic rings. The zero-order chi connectivity index (χ0) is 35.3. The number of carbonyl (C=O) groups excluding carboxylic acids is 1. The molecule has 4 fully saturated rings. The highest BCUT2D eigenvalue weighted by atomic mass is 28.4. The average Bonchev–Trinajstić information content (AvgIpc) is 2.92. The van der Waals surface area contributed by atoms with E-state index in [4.69, 9.17) is 27.2 Å². The molecule has 0 aromatic carbocycles. The first-order valence-corrected chi connectivity index (χ1v) is 21.2. The molecule has 0 amide bonds. The van der Waals surface area contributed by atoms with Gasteiger partial charge in [0.1, 0.15) is 18.5 Å². The molecule has 4 saturated heterocycles. The Morgan fingerprint density at radius 1 is 0.674 bits per heavy atom. The van der Waals surface area contributed by atoms with Gasteiger partial charge in [-0.05, 0) is 12.3 Å². The standard InChI is InChI=1S/2C18H34O4Si/c1-12-9-14-15(21-16(12)13(2)10-19)11-20-23(22-14,17(3,4)5)18(6,7)8;1-9-12(2)16-13(19)10-14-15(21-16)11-20-23(22-14,17(3,4)5)18(6,7)8/h10,12-16H,9,11H2,1-8H3;9,12-16,19H,1,10-11H2,2-8H3/t12-,13+,14+,15+,16+;12-,13+,14-,15-,16+/m01/s1. The van der Waals surface area contributed by atoms with E-state index in [1.807, 2.05) is 19.9 Å². The number of hydrogen-bond donors (Lipinski definition) is 1. The van der Waals surface area contributed by atoms with E-state index in [2.05, 4.69) is 96.6 Å². The smallest absolute Gasteiger partial charge is 0.349 e.